The minimum atomic E-state index is -1.03. The minimum absolute atomic E-state index is 0.0467. The summed E-state index contributed by atoms with van der Waals surface area (Å²) in [6.45, 7) is 1.26. The molecule has 0 bridgehead atoms. The summed E-state index contributed by atoms with van der Waals surface area (Å²) in [6, 6.07) is 13.1. The highest BCUT2D eigenvalue weighted by Gasteiger charge is 2.26. The monoisotopic (exact) mass is 371 g/mol. The number of amides is 3. The summed E-state index contributed by atoms with van der Waals surface area (Å²) in [4.78, 5) is 35.9. The van der Waals surface area contributed by atoms with E-state index >= 15 is 0 Å². The van der Waals surface area contributed by atoms with E-state index in [9.17, 15) is 18.8 Å². The van der Waals surface area contributed by atoms with Crippen molar-refractivity contribution in [3.63, 3.8) is 0 Å². The smallest absolute Gasteiger partial charge is 0.243 e. The van der Waals surface area contributed by atoms with Crippen LogP contribution in [0.5, 0.6) is 0 Å². The van der Waals surface area contributed by atoms with E-state index < -0.39 is 35.6 Å². The fourth-order valence-electron chi connectivity index (χ4n) is 2.68. The van der Waals surface area contributed by atoms with Crippen molar-refractivity contribution < 1.29 is 18.8 Å². The first-order chi connectivity index (χ1) is 12.9. The predicted octanol–water partition coefficient (Wildman–Crippen LogP) is 1.09. The maximum absolute atomic E-state index is 13.9. The highest BCUT2D eigenvalue weighted by molar-refractivity contribution is 5.91. The highest BCUT2D eigenvalue weighted by Crippen LogP contribution is 2.10. The van der Waals surface area contributed by atoms with Crippen molar-refractivity contribution in [1.29, 1.82) is 0 Å². The number of rotatable bonds is 8. The third kappa shape index (κ3) is 6.22. The Morgan fingerprint density at radius 3 is 2.15 bits per heavy atom. The molecule has 2 aromatic carbocycles. The van der Waals surface area contributed by atoms with Crippen LogP contribution >= 0.6 is 0 Å². The van der Waals surface area contributed by atoms with Gasteiger partial charge in [0.1, 0.15) is 17.9 Å². The van der Waals surface area contributed by atoms with Gasteiger partial charge in [0.2, 0.25) is 17.7 Å². The summed E-state index contributed by atoms with van der Waals surface area (Å²) in [6.07, 6.45) is 0.170. The third-order valence-electron chi connectivity index (χ3n) is 4.02. The van der Waals surface area contributed by atoms with Crippen molar-refractivity contribution in [2.24, 2.45) is 5.73 Å². The van der Waals surface area contributed by atoms with Crippen molar-refractivity contribution in [2.75, 3.05) is 0 Å². The first-order valence-electron chi connectivity index (χ1n) is 8.51. The van der Waals surface area contributed by atoms with Crippen LogP contribution in [0.25, 0.3) is 0 Å². The van der Waals surface area contributed by atoms with Gasteiger partial charge in [-0.15, -0.1) is 0 Å². The Morgan fingerprint density at radius 2 is 1.56 bits per heavy atom. The van der Waals surface area contributed by atoms with Crippen molar-refractivity contribution in [3.8, 4) is 0 Å². The lowest BCUT2D eigenvalue weighted by Crippen LogP contribution is -2.54. The van der Waals surface area contributed by atoms with Crippen LogP contribution in [0.15, 0.2) is 54.6 Å². The zero-order valence-corrected chi connectivity index (χ0v) is 14.9. The molecular weight excluding hydrogens is 349 g/mol. The Bertz CT molecular complexity index is 811. The van der Waals surface area contributed by atoms with Crippen molar-refractivity contribution in [3.05, 3.63) is 71.5 Å². The lowest BCUT2D eigenvalue weighted by molar-refractivity contribution is -0.130. The van der Waals surface area contributed by atoms with E-state index in [1.165, 1.54) is 25.1 Å². The fourth-order valence-corrected chi connectivity index (χ4v) is 2.68. The standard InChI is InChI=1S/C20H22FN3O3/c1-13(25)23-18(12-15-9-5-6-10-16(15)21)20(27)24-17(19(22)26)11-14-7-3-2-4-8-14/h2-10,17-18H,11-12H2,1H3,(H2,22,26)(H,23,25)(H,24,27)/t17-,18-/m1/s1. The Balaban J connectivity index is 2.13. The zero-order chi connectivity index (χ0) is 19.8. The van der Waals surface area contributed by atoms with E-state index in [1.54, 1.807) is 6.07 Å². The Kier molecular flexibility index (Phi) is 7.05. The Morgan fingerprint density at radius 1 is 0.926 bits per heavy atom. The average Bonchev–Trinajstić information content (AvgIpc) is 2.62. The van der Waals surface area contributed by atoms with E-state index in [0.717, 1.165) is 5.56 Å². The van der Waals surface area contributed by atoms with Gasteiger partial charge < -0.3 is 16.4 Å². The Hall–Kier alpha value is -3.22. The molecule has 0 saturated heterocycles. The molecular formula is C20H22FN3O3. The predicted molar refractivity (Wildman–Crippen MR) is 99.0 cm³/mol. The Labute approximate surface area is 156 Å². The first-order valence-corrected chi connectivity index (χ1v) is 8.51. The number of primary amides is 1. The largest absolute Gasteiger partial charge is 0.368 e. The van der Waals surface area contributed by atoms with E-state index in [4.69, 9.17) is 5.73 Å². The molecule has 0 heterocycles. The summed E-state index contributed by atoms with van der Waals surface area (Å²) in [5.41, 5.74) is 6.52. The second-order valence-electron chi connectivity index (χ2n) is 6.20. The summed E-state index contributed by atoms with van der Waals surface area (Å²) in [5, 5.41) is 5.05. The van der Waals surface area contributed by atoms with Crippen LogP contribution in [0.3, 0.4) is 0 Å². The SMILES string of the molecule is CC(=O)N[C@H](Cc1ccccc1F)C(=O)N[C@H](Cc1ccccc1)C(N)=O. The van der Waals surface area contributed by atoms with Gasteiger partial charge >= 0.3 is 0 Å². The molecule has 0 aliphatic rings. The normalized spacial score (nSPS) is 12.7. The number of carbonyl (C=O) groups excluding carboxylic acids is 3. The summed E-state index contributed by atoms with van der Waals surface area (Å²) in [7, 11) is 0. The van der Waals surface area contributed by atoms with Gasteiger partial charge in [-0.3, -0.25) is 14.4 Å². The molecule has 0 spiro atoms. The van der Waals surface area contributed by atoms with Gasteiger partial charge in [0.05, 0.1) is 0 Å². The van der Waals surface area contributed by atoms with E-state index in [1.807, 2.05) is 30.3 Å². The molecule has 2 atom stereocenters. The number of nitrogens with one attached hydrogen (secondary N) is 2. The molecule has 27 heavy (non-hydrogen) atoms. The van der Waals surface area contributed by atoms with Gasteiger partial charge in [0.15, 0.2) is 0 Å². The van der Waals surface area contributed by atoms with Crippen molar-refractivity contribution in [1.82, 2.24) is 10.6 Å². The van der Waals surface area contributed by atoms with Crippen LogP contribution in [0.4, 0.5) is 4.39 Å². The third-order valence-corrected chi connectivity index (χ3v) is 4.02. The number of carbonyl (C=O) groups is 3. The average molecular weight is 371 g/mol. The maximum atomic E-state index is 13.9. The van der Waals surface area contributed by atoms with E-state index in [2.05, 4.69) is 10.6 Å². The van der Waals surface area contributed by atoms with Gasteiger partial charge in [-0.25, -0.2) is 4.39 Å². The molecule has 2 rings (SSSR count). The summed E-state index contributed by atoms with van der Waals surface area (Å²) in [5.74, 6) is -2.21. The molecule has 2 aromatic rings. The fraction of sp³-hybridized carbons (Fsp3) is 0.250. The molecule has 3 amide bonds. The van der Waals surface area contributed by atoms with Crippen LogP contribution in [0.1, 0.15) is 18.1 Å². The van der Waals surface area contributed by atoms with Crippen molar-refractivity contribution >= 4 is 17.7 Å². The topological polar surface area (TPSA) is 101 Å². The molecule has 0 aromatic heterocycles. The van der Waals surface area contributed by atoms with Crippen LogP contribution in [0, 0.1) is 5.82 Å². The molecule has 0 unspecified atom stereocenters. The van der Waals surface area contributed by atoms with Crippen LogP contribution in [-0.4, -0.2) is 29.8 Å². The quantitative estimate of drug-likeness (QED) is 0.647. The van der Waals surface area contributed by atoms with Crippen molar-refractivity contribution in [2.45, 2.75) is 31.8 Å². The zero-order valence-electron chi connectivity index (χ0n) is 14.9. The second-order valence-corrected chi connectivity index (χ2v) is 6.20. The summed E-state index contributed by atoms with van der Waals surface area (Å²) >= 11 is 0. The van der Waals surface area contributed by atoms with Gasteiger partial charge in [-0.1, -0.05) is 48.5 Å². The minimum Gasteiger partial charge on any atom is -0.368 e. The van der Waals surface area contributed by atoms with Gasteiger partial charge in [-0.05, 0) is 17.2 Å². The lowest BCUT2D eigenvalue weighted by atomic mass is 10.0. The first kappa shape index (κ1) is 20.1. The molecule has 0 aliphatic carbocycles. The van der Waals surface area contributed by atoms with Gasteiger partial charge in [-0.2, -0.15) is 0 Å². The molecule has 4 N–H and O–H groups in total. The molecule has 0 aliphatic heterocycles. The van der Waals surface area contributed by atoms with Crippen LogP contribution in [0.2, 0.25) is 0 Å². The molecule has 0 saturated carbocycles. The maximum Gasteiger partial charge on any atom is 0.243 e. The number of nitrogens with two attached hydrogens (primary N) is 1. The van der Waals surface area contributed by atoms with Gasteiger partial charge in [0.25, 0.3) is 0 Å². The lowest BCUT2D eigenvalue weighted by Gasteiger charge is -2.22. The van der Waals surface area contributed by atoms with Gasteiger partial charge in [0, 0.05) is 19.8 Å². The summed E-state index contributed by atoms with van der Waals surface area (Å²) < 4.78 is 13.9. The van der Waals surface area contributed by atoms with E-state index in [-0.39, 0.29) is 18.4 Å². The van der Waals surface area contributed by atoms with Crippen LogP contribution in [-0.2, 0) is 27.2 Å². The van der Waals surface area contributed by atoms with E-state index in [0.29, 0.717) is 0 Å². The molecule has 142 valence electrons. The molecule has 6 nitrogen and oxygen atoms in total. The number of hydrogen-bond donors (Lipinski definition) is 3. The second kappa shape index (κ2) is 9.47. The molecule has 7 heteroatoms. The number of halogens is 1. The van der Waals surface area contributed by atoms with Crippen LogP contribution < -0.4 is 16.4 Å². The molecule has 0 fully saturated rings. The molecule has 0 radical (unpaired) electrons. The number of benzene rings is 2. The number of hydrogen-bond acceptors (Lipinski definition) is 3. The highest BCUT2D eigenvalue weighted by atomic mass is 19.1.